The average molecular weight is 310 g/mol. The molecule has 1 aliphatic rings. The average Bonchev–Trinajstić information content (AvgIpc) is 3.00. The van der Waals surface area contributed by atoms with E-state index in [1.807, 2.05) is 0 Å². The second kappa shape index (κ2) is 4.35. The summed E-state index contributed by atoms with van der Waals surface area (Å²) in [5, 5.41) is 9.25. The lowest BCUT2D eigenvalue weighted by atomic mass is 10.1. The third kappa shape index (κ3) is 2.09. The van der Waals surface area contributed by atoms with Crippen LogP contribution in [0.15, 0.2) is 10.7 Å². The van der Waals surface area contributed by atoms with Crippen LogP contribution in [0, 0.1) is 6.92 Å². The van der Waals surface area contributed by atoms with Crippen molar-refractivity contribution in [3.05, 3.63) is 23.3 Å². The van der Waals surface area contributed by atoms with Crippen molar-refractivity contribution in [2.45, 2.75) is 18.7 Å². The third-order valence-electron chi connectivity index (χ3n) is 3.57. The van der Waals surface area contributed by atoms with Gasteiger partial charge in [0, 0.05) is 23.8 Å². The van der Waals surface area contributed by atoms with Crippen LogP contribution >= 0.6 is 0 Å². The number of carbonyl (C=O) groups is 1. The SMILES string of the molecule is Cc1c(-c2n[nH]c3c2NC(S(C)(=O)=O)C3)coc1C(N)=O. The quantitative estimate of drug-likeness (QED) is 0.752. The van der Waals surface area contributed by atoms with Crippen LogP contribution in [0.5, 0.6) is 0 Å². The molecule has 0 fully saturated rings. The third-order valence-corrected chi connectivity index (χ3v) is 4.89. The van der Waals surface area contributed by atoms with Crippen molar-refractivity contribution in [3.8, 4) is 11.3 Å². The van der Waals surface area contributed by atoms with Gasteiger partial charge in [-0.3, -0.25) is 9.89 Å². The van der Waals surface area contributed by atoms with Crippen molar-refractivity contribution in [1.82, 2.24) is 10.2 Å². The topological polar surface area (TPSA) is 131 Å². The lowest BCUT2D eigenvalue weighted by molar-refractivity contribution is 0.0973. The number of anilines is 1. The Kier molecular flexibility index (Phi) is 2.84. The lowest BCUT2D eigenvalue weighted by Gasteiger charge is -2.09. The minimum Gasteiger partial charge on any atom is -0.458 e. The van der Waals surface area contributed by atoms with E-state index in [2.05, 4.69) is 15.5 Å². The summed E-state index contributed by atoms with van der Waals surface area (Å²) in [7, 11) is -3.21. The van der Waals surface area contributed by atoms with E-state index in [0.717, 1.165) is 0 Å². The van der Waals surface area contributed by atoms with Crippen LogP contribution in [0.3, 0.4) is 0 Å². The van der Waals surface area contributed by atoms with Gasteiger partial charge in [0.1, 0.15) is 17.3 Å². The molecule has 0 aliphatic carbocycles. The van der Waals surface area contributed by atoms with Crippen molar-refractivity contribution >= 4 is 21.4 Å². The van der Waals surface area contributed by atoms with E-state index in [9.17, 15) is 13.2 Å². The first-order valence-electron chi connectivity index (χ1n) is 6.20. The van der Waals surface area contributed by atoms with Crippen molar-refractivity contribution in [2.24, 2.45) is 5.73 Å². The fourth-order valence-corrected chi connectivity index (χ4v) is 3.23. The Morgan fingerprint density at radius 1 is 1.52 bits per heavy atom. The maximum atomic E-state index is 11.6. The maximum absolute atomic E-state index is 11.6. The molecule has 0 spiro atoms. The zero-order valence-corrected chi connectivity index (χ0v) is 12.2. The molecule has 8 nitrogen and oxygen atoms in total. The monoisotopic (exact) mass is 310 g/mol. The first kappa shape index (κ1) is 13.7. The van der Waals surface area contributed by atoms with E-state index < -0.39 is 21.1 Å². The molecule has 0 bridgehead atoms. The molecule has 2 aromatic rings. The number of primary amides is 1. The summed E-state index contributed by atoms with van der Waals surface area (Å²) in [5.74, 6) is -0.590. The Bertz CT molecular complexity index is 834. The first-order valence-corrected chi connectivity index (χ1v) is 8.15. The zero-order chi connectivity index (χ0) is 15.4. The smallest absolute Gasteiger partial charge is 0.284 e. The normalized spacial score (nSPS) is 17.5. The second-order valence-electron chi connectivity index (χ2n) is 5.06. The molecule has 0 saturated carbocycles. The number of amides is 1. The second-order valence-corrected chi connectivity index (χ2v) is 7.29. The van der Waals surface area contributed by atoms with Gasteiger partial charge in [-0.25, -0.2) is 8.42 Å². The minimum atomic E-state index is -3.21. The first-order chi connectivity index (χ1) is 9.79. The van der Waals surface area contributed by atoms with Gasteiger partial charge >= 0.3 is 0 Å². The summed E-state index contributed by atoms with van der Waals surface area (Å²) in [6.07, 6.45) is 2.89. The predicted molar refractivity (Wildman–Crippen MR) is 75.5 cm³/mol. The number of hydrogen-bond donors (Lipinski definition) is 3. The van der Waals surface area contributed by atoms with Crippen LogP contribution in [-0.4, -0.2) is 36.2 Å². The van der Waals surface area contributed by atoms with Crippen LogP contribution in [0.1, 0.15) is 21.8 Å². The van der Waals surface area contributed by atoms with Gasteiger partial charge in [-0.1, -0.05) is 0 Å². The van der Waals surface area contributed by atoms with Crippen LogP contribution < -0.4 is 11.1 Å². The number of carbonyl (C=O) groups excluding carboxylic acids is 1. The maximum Gasteiger partial charge on any atom is 0.284 e. The molecule has 112 valence electrons. The molecule has 21 heavy (non-hydrogen) atoms. The molecule has 3 rings (SSSR count). The van der Waals surface area contributed by atoms with E-state index in [0.29, 0.717) is 34.6 Å². The predicted octanol–water partition coefficient (Wildman–Crippen LogP) is 0.416. The van der Waals surface area contributed by atoms with Crippen LogP contribution in [-0.2, 0) is 16.3 Å². The Balaban J connectivity index is 2.03. The van der Waals surface area contributed by atoms with Gasteiger partial charge < -0.3 is 15.5 Å². The number of rotatable bonds is 3. The summed E-state index contributed by atoms with van der Waals surface area (Å²) in [4.78, 5) is 11.2. The molecular formula is C12H14N4O4S. The fraction of sp³-hybridized carbons (Fsp3) is 0.333. The summed E-state index contributed by atoms with van der Waals surface area (Å²) in [5.41, 5.74) is 8.23. The van der Waals surface area contributed by atoms with Crippen LogP contribution in [0.4, 0.5) is 5.69 Å². The highest BCUT2D eigenvalue weighted by Gasteiger charge is 2.33. The van der Waals surface area contributed by atoms with Crippen LogP contribution in [0.2, 0.25) is 0 Å². The van der Waals surface area contributed by atoms with Gasteiger partial charge in [0.2, 0.25) is 0 Å². The molecular weight excluding hydrogens is 296 g/mol. The van der Waals surface area contributed by atoms with Crippen molar-refractivity contribution in [3.63, 3.8) is 0 Å². The van der Waals surface area contributed by atoms with Gasteiger partial charge in [0.05, 0.1) is 11.4 Å². The van der Waals surface area contributed by atoms with E-state index >= 15 is 0 Å². The number of hydrogen-bond acceptors (Lipinski definition) is 6. The molecule has 0 saturated heterocycles. The van der Waals surface area contributed by atoms with Crippen molar-refractivity contribution in [2.75, 3.05) is 11.6 Å². The standard InChI is InChI=1S/C12H14N4O4S/c1-5-6(4-20-11(5)12(13)17)9-10-7(15-16-9)3-8(14-10)21(2,18)19/h4,8,14H,3H2,1-2H3,(H2,13,17)(H,15,16). The van der Waals surface area contributed by atoms with E-state index in [4.69, 9.17) is 10.2 Å². The van der Waals surface area contributed by atoms with E-state index in [-0.39, 0.29) is 5.76 Å². The zero-order valence-electron chi connectivity index (χ0n) is 11.4. The number of furan rings is 1. The van der Waals surface area contributed by atoms with Gasteiger partial charge in [0.15, 0.2) is 15.6 Å². The highest BCUT2D eigenvalue weighted by molar-refractivity contribution is 7.91. The highest BCUT2D eigenvalue weighted by atomic mass is 32.2. The molecule has 1 atom stereocenters. The lowest BCUT2D eigenvalue weighted by Crippen LogP contribution is -2.26. The Morgan fingerprint density at radius 2 is 2.24 bits per heavy atom. The number of aromatic nitrogens is 2. The molecule has 2 aromatic heterocycles. The van der Waals surface area contributed by atoms with E-state index in [1.165, 1.54) is 12.5 Å². The molecule has 1 unspecified atom stereocenters. The number of fused-ring (bicyclic) bond motifs is 1. The molecule has 1 amide bonds. The number of nitrogens with zero attached hydrogens (tertiary/aromatic N) is 1. The number of nitrogens with one attached hydrogen (secondary N) is 2. The molecule has 0 aromatic carbocycles. The number of nitrogens with two attached hydrogens (primary N) is 1. The molecule has 0 radical (unpaired) electrons. The van der Waals surface area contributed by atoms with Crippen molar-refractivity contribution < 1.29 is 17.6 Å². The molecule has 9 heteroatoms. The largest absolute Gasteiger partial charge is 0.458 e. The molecule has 4 N–H and O–H groups in total. The Hall–Kier alpha value is -2.29. The molecule has 1 aliphatic heterocycles. The highest BCUT2D eigenvalue weighted by Crippen LogP contribution is 2.37. The summed E-state index contributed by atoms with van der Waals surface area (Å²) in [6, 6.07) is 0. The summed E-state index contributed by atoms with van der Waals surface area (Å²) in [6.45, 7) is 1.70. The van der Waals surface area contributed by atoms with Crippen LogP contribution in [0.25, 0.3) is 11.3 Å². The number of sulfone groups is 1. The van der Waals surface area contributed by atoms with E-state index in [1.54, 1.807) is 6.92 Å². The Labute approximate surface area is 120 Å². The number of H-pyrrole nitrogens is 1. The van der Waals surface area contributed by atoms with Gasteiger partial charge in [-0.15, -0.1) is 0 Å². The van der Waals surface area contributed by atoms with Gasteiger partial charge in [-0.05, 0) is 6.92 Å². The summed E-state index contributed by atoms with van der Waals surface area (Å²) >= 11 is 0. The minimum absolute atomic E-state index is 0.0689. The summed E-state index contributed by atoms with van der Waals surface area (Å²) < 4.78 is 28.4. The number of aromatic amines is 1. The van der Waals surface area contributed by atoms with Gasteiger partial charge in [-0.2, -0.15) is 5.10 Å². The van der Waals surface area contributed by atoms with Gasteiger partial charge in [0.25, 0.3) is 5.91 Å². The Morgan fingerprint density at radius 3 is 2.81 bits per heavy atom. The van der Waals surface area contributed by atoms with Crippen molar-refractivity contribution in [1.29, 1.82) is 0 Å². The fourth-order valence-electron chi connectivity index (χ4n) is 2.43. The molecule has 3 heterocycles.